The Labute approximate surface area is 166 Å². The number of aromatic nitrogens is 1. The SMILES string of the molecule is CCc1ccc(C(=O)Nc2ccc3[nH]cc(C4CCN(CC)CC4)c3c2)cc1. The van der Waals surface area contributed by atoms with Crippen LogP contribution in [0.4, 0.5) is 5.69 Å². The number of fused-ring (bicyclic) bond motifs is 1. The van der Waals surface area contributed by atoms with Crippen molar-refractivity contribution in [1.82, 2.24) is 9.88 Å². The Kier molecular flexibility index (Phi) is 5.49. The lowest BCUT2D eigenvalue weighted by molar-refractivity contribution is 0.102. The van der Waals surface area contributed by atoms with Gasteiger partial charge in [-0.15, -0.1) is 0 Å². The van der Waals surface area contributed by atoms with Crippen LogP contribution in [-0.4, -0.2) is 35.4 Å². The minimum absolute atomic E-state index is 0.0599. The van der Waals surface area contributed by atoms with E-state index in [1.807, 2.05) is 30.3 Å². The first-order valence-corrected chi connectivity index (χ1v) is 10.4. The van der Waals surface area contributed by atoms with Crippen LogP contribution in [0.5, 0.6) is 0 Å². The maximum Gasteiger partial charge on any atom is 0.255 e. The molecular weight excluding hydrogens is 346 g/mol. The summed E-state index contributed by atoms with van der Waals surface area (Å²) < 4.78 is 0. The molecule has 0 radical (unpaired) electrons. The van der Waals surface area contributed by atoms with Crippen molar-refractivity contribution >= 4 is 22.5 Å². The van der Waals surface area contributed by atoms with Gasteiger partial charge in [-0.1, -0.05) is 26.0 Å². The van der Waals surface area contributed by atoms with Crippen LogP contribution in [0.1, 0.15) is 54.1 Å². The Morgan fingerprint density at radius 1 is 1.11 bits per heavy atom. The molecule has 0 aliphatic carbocycles. The van der Waals surface area contributed by atoms with Crippen molar-refractivity contribution in [3.63, 3.8) is 0 Å². The van der Waals surface area contributed by atoms with Crippen LogP contribution < -0.4 is 5.32 Å². The van der Waals surface area contributed by atoms with E-state index in [1.165, 1.54) is 29.4 Å². The molecule has 0 unspecified atom stereocenters. The standard InChI is InChI=1S/C24H29N3O/c1-3-17-5-7-19(8-6-17)24(28)26-20-9-10-23-21(15-20)22(16-25-23)18-11-13-27(4-2)14-12-18/h5-10,15-16,18,25H,3-4,11-14H2,1-2H3,(H,26,28). The molecule has 4 nitrogen and oxygen atoms in total. The van der Waals surface area contributed by atoms with E-state index < -0.39 is 0 Å². The molecule has 1 amide bonds. The Morgan fingerprint density at radius 2 is 1.86 bits per heavy atom. The first-order chi connectivity index (χ1) is 13.7. The molecule has 0 saturated carbocycles. The van der Waals surface area contributed by atoms with Gasteiger partial charge < -0.3 is 15.2 Å². The smallest absolute Gasteiger partial charge is 0.255 e. The molecule has 1 fully saturated rings. The van der Waals surface area contributed by atoms with E-state index in [4.69, 9.17) is 0 Å². The molecule has 2 heterocycles. The fourth-order valence-corrected chi connectivity index (χ4v) is 4.21. The molecule has 1 aromatic heterocycles. The summed E-state index contributed by atoms with van der Waals surface area (Å²) in [4.78, 5) is 18.5. The summed E-state index contributed by atoms with van der Waals surface area (Å²) >= 11 is 0. The summed E-state index contributed by atoms with van der Waals surface area (Å²) in [5.41, 5.74) is 5.30. The summed E-state index contributed by atoms with van der Waals surface area (Å²) in [6.45, 7) is 7.81. The average molecular weight is 376 g/mol. The second kappa shape index (κ2) is 8.19. The summed E-state index contributed by atoms with van der Waals surface area (Å²) in [5, 5.41) is 4.29. The minimum atomic E-state index is -0.0599. The number of piperidine rings is 1. The number of carbonyl (C=O) groups is 1. The second-order valence-electron chi connectivity index (χ2n) is 7.72. The van der Waals surface area contributed by atoms with E-state index in [0.29, 0.717) is 11.5 Å². The molecule has 0 atom stereocenters. The van der Waals surface area contributed by atoms with E-state index in [2.05, 4.69) is 47.4 Å². The maximum absolute atomic E-state index is 12.6. The number of nitrogens with zero attached hydrogens (tertiary/aromatic N) is 1. The fourth-order valence-electron chi connectivity index (χ4n) is 4.21. The van der Waals surface area contributed by atoms with Gasteiger partial charge in [0, 0.05) is 28.4 Å². The van der Waals surface area contributed by atoms with Crippen LogP contribution in [0, 0.1) is 0 Å². The van der Waals surface area contributed by atoms with Gasteiger partial charge in [0.2, 0.25) is 0 Å². The van der Waals surface area contributed by atoms with Crippen molar-refractivity contribution in [2.45, 2.75) is 39.0 Å². The van der Waals surface area contributed by atoms with Crippen LogP contribution in [0.3, 0.4) is 0 Å². The third-order valence-corrected chi connectivity index (χ3v) is 6.07. The number of anilines is 1. The summed E-state index contributed by atoms with van der Waals surface area (Å²) in [5.74, 6) is 0.527. The lowest BCUT2D eigenvalue weighted by Gasteiger charge is -2.30. The normalized spacial score (nSPS) is 15.8. The van der Waals surface area contributed by atoms with Crippen molar-refractivity contribution < 1.29 is 4.79 Å². The van der Waals surface area contributed by atoms with Gasteiger partial charge in [-0.3, -0.25) is 4.79 Å². The lowest BCUT2D eigenvalue weighted by atomic mass is 9.89. The molecule has 2 aromatic carbocycles. The van der Waals surface area contributed by atoms with Gasteiger partial charge in [-0.05, 0) is 86.3 Å². The first-order valence-electron chi connectivity index (χ1n) is 10.4. The van der Waals surface area contributed by atoms with Crippen LogP contribution in [0.25, 0.3) is 10.9 Å². The van der Waals surface area contributed by atoms with E-state index in [-0.39, 0.29) is 5.91 Å². The van der Waals surface area contributed by atoms with Crippen LogP contribution in [0.2, 0.25) is 0 Å². The predicted molar refractivity (Wildman–Crippen MR) is 116 cm³/mol. The van der Waals surface area contributed by atoms with Crippen molar-refractivity contribution in [2.75, 3.05) is 25.0 Å². The maximum atomic E-state index is 12.6. The second-order valence-corrected chi connectivity index (χ2v) is 7.72. The highest BCUT2D eigenvalue weighted by molar-refractivity contribution is 6.05. The molecule has 1 aliphatic rings. The third-order valence-electron chi connectivity index (χ3n) is 6.07. The highest BCUT2D eigenvalue weighted by Gasteiger charge is 2.22. The molecule has 28 heavy (non-hydrogen) atoms. The third kappa shape index (κ3) is 3.83. The van der Waals surface area contributed by atoms with Crippen LogP contribution in [0.15, 0.2) is 48.7 Å². The van der Waals surface area contributed by atoms with Crippen molar-refractivity contribution in [3.8, 4) is 0 Å². The van der Waals surface area contributed by atoms with Gasteiger partial charge in [-0.25, -0.2) is 0 Å². The van der Waals surface area contributed by atoms with Gasteiger partial charge in [0.25, 0.3) is 5.91 Å². The zero-order chi connectivity index (χ0) is 19.5. The van der Waals surface area contributed by atoms with Crippen molar-refractivity contribution in [3.05, 3.63) is 65.4 Å². The number of aryl methyl sites for hydroxylation is 1. The molecule has 0 bridgehead atoms. The lowest BCUT2D eigenvalue weighted by Crippen LogP contribution is -2.32. The molecule has 4 heteroatoms. The average Bonchev–Trinajstić information content (AvgIpc) is 3.17. The van der Waals surface area contributed by atoms with Gasteiger partial charge in [0.05, 0.1) is 0 Å². The summed E-state index contributed by atoms with van der Waals surface area (Å²) in [7, 11) is 0. The van der Waals surface area contributed by atoms with E-state index >= 15 is 0 Å². The Balaban J connectivity index is 1.53. The number of nitrogens with one attached hydrogen (secondary N) is 2. The number of H-pyrrole nitrogens is 1. The summed E-state index contributed by atoms with van der Waals surface area (Å²) in [6, 6.07) is 14.0. The highest BCUT2D eigenvalue weighted by atomic mass is 16.1. The fraction of sp³-hybridized carbons (Fsp3) is 0.375. The topological polar surface area (TPSA) is 48.1 Å². The Bertz CT molecular complexity index is 950. The highest BCUT2D eigenvalue weighted by Crippen LogP contribution is 2.34. The monoisotopic (exact) mass is 375 g/mol. The van der Waals surface area contributed by atoms with Crippen LogP contribution in [-0.2, 0) is 6.42 Å². The minimum Gasteiger partial charge on any atom is -0.361 e. The zero-order valence-corrected chi connectivity index (χ0v) is 16.8. The Hall–Kier alpha value is -2.59. The van der Waals surface area contributed by atoms with Crippen molar-refractivity contribution in [1.29, 1.82) is 0 Å². The van der Waals surface area contributed by atoms with E-state index in [1.54, 1.807) is 0 Å². The molecule has 3 aromatic rings. The van der Waals surface area contributed by atoms with Gasteiger partial charge >= 0.3 is 0 Å². The van der Waals surface area contributed by atoms with E-state index in [9.17, 15) is 4.79 Å². The number of hydrogen-bond donors (Lipinski definition) is 2. The predicted octanol–water partition coefficient (Wildman–Crippen LogP) is 5.18. The molecule has 1 saturated heterocycles. The molecule has 0 spiro atoms. The van der Waals surface area contributed by atoms with Gasteiger partial charge in [0.1, 0.15) is 0 Å². The molecule has 1 aliphatic heterocycles. The molecular formula is C24H29N3O. The molecule has 4 rings (SSSR count). The molecule has 2 N–H and O–H groups in total. The quantitative estimate of drug-likeness (QED) is 0.645. The molecule has 146 valence electrons. The van der Waals surface area contributed by atoms with E-state index in [0.717, 1.165) is 37.3 Å². The first kappa shape index (κ1) is 18.8. The summed E-state index contributed by atoms with van der Waals surface area (Å²) in [6.07, 6.45) is 5.53. The van der Waals surface area contributed by atoms with Gasteiger partial charge in [0.15, 0.2) is 0 Å². The number of benzene rings is 2. The van der Waals surface area contributed by atoms with Crippen LogP contribution >= 0.6 is 0 Å². The number of aromatic amines is 1. The number of hydrogen-bond acceptors (Lipinski definition) is 2. The largest absolute Gasteiger partial charge is 0.361 e. The van der Waals surface area contributed by atoms with Crippen molar-refractivity contribution in [2.24, 2.45) is 0 Å². The number of carbonyl (C=O) groups excluding carboxylic acids is 1. The number of amides is 1. The number of likely N-dealkylation sites (tertiary alicyclic amines) is 1. The number of rotatable bonds is 5. The Morgan fingerprint density at radius 3 is 2.54 bits per heavy atom. The van der Waals surface area contributed by atoms with Gasteiger partial charge in [-0.2, -0.15) is 0 Å². The zero-order valence-electron chi connectivity index (χ0n) is 16.8.